The second kappa shape index (κ2) is 3.34. The van der Waals surface area contributed by atoms with Crippen LogP contribution in [-0.2, 0) is 6.54 Å². The number of methoxy groups -OCH3 is 1. The van der Waals surface area contributed by atoms with Gasteiger partial charge in [-0.15, -0.1) is 0 Å². The topological polar surface area (TPSA) is 49.8 Å². The number of hydrogen-bond donors (Lipinski definition) is 1. The highest BCUT2D eigenvalue weighted by molar-refractivity contribution is 5.27. The number of aryl methyl sites for hydroxylation is 1. The smallest absolute Gasteiger partial charge is 0.215 e. The molecule has 3 nitrogen and oxygen atoms in total. The summed E-state index contributed by atoms with van der Waals surface area (Å²) in [7, 11) is 1.62. The number of ether oxygens (including phenoxy) is 1. The van der Waals surface area contributed by atoms with Crippen LogP contribution in [0.5, 0.6) is 5.88 Å². The molecule has 60 valence electrons. The van der Waals surface area contributed by atoms with Crippen LogP contribution in [0.2, 0.25) is 0 Å². The summed E-state index contributed by atoms with van der Waals surface area (Å²) in [5.41, 5.74) is 5.98. The zero-order valence-electron chi connectivity index (χ0n) is 6.92. The molecule has 0 aromatic carbocycles. The van der Waals surface area contributed by atoms with E-state index >= 15 is 0 Å². The third-order valence-corrected chi connectivity index (χ3v) is 1.57. The van der Waals surface area contributed by atoms with Gasteiger partial charge < -0.3 is 10.5 Å². The number of pyridine rings is 1. The molecule has 0 unspecified atom stereocenters. The lowest BCUT2D eigenvalue weighted by Gasteiger charge is -2.02. The van der Waals surface area contributed by atoms with E-state index < -0.39 is 0 Å². The summed E-state index contributed by atoms with van der Waals surface area (Å²) in [5.74, 6) is 0.696. The van der Waals surface area contributed by atoms with Crippen LogP contribution >= 0.6 is 0 Å². The molecule has 1 aromatic heterocycles. The van der Waals surface area contributed by atoms with Gasteiger partial charge in [-0.1, -0.05) is 0 Å². The fourth-order valence-corrected chi connectivity index (χ4v) is 0.971. The van der Waals surface area contributed by atoms with Gasteiger partial charge in [0.1, 0.15) is 6.54 Å². The van der Waals surface area contributed by atoms with Crippen molar-refractivity contribution in [3.05, 3.63) is 23.4 Å². The summed E-state index contributed by atoms with van der Waals surface area (Å²) in [6.45, 7) is 2.75. The highest BCUT2D eigenvalue weighted by Crippen LogP contribution is 2.13. The first kappa shape index (κ1) is 8.01. The third kappa shape index (κ3) is 1.68. The minimum absolute atomic E-state index is 0.696. The number of hydrogen-bond acceptors (Lipinski definition) is 2. The molecule has 11 heavy (non-hydrogen) atoms. The molecule has 0 aliphatic carbocycles. The Bertz CT molecular complexity index is 248. The Kier molecular flexibility index (Phi) is 2.44. The maximum absolute atomic E-state index is 5.01. The Balaban J connectivity index is 2.99. The lowest BCUT2D eigenvalue weighted by Crippen LogP contribution is -2.47. The van der Waals surface area contributed by atoms with E-state index in [0.717, 1.165) is 17.7 Å². The number of rotatable bonds is 2. The Labute approximate surface area is 66.2 Å². The number of aromatic nitrogens is 1. The zero-order valence-corrected chi connectivity index (χ0v) is 6.92. The number of quaternary nitrogens is 1. The fourth-order valence-electron chi connectivity index (χ4n) is 0.971. The van der Waals surface area contributed by atoms with E-state index in [1.165, 1.54) is 0 Å². The molecule has 0 bridgehead atoms. The van der Waals surface area contributed by atoms with Crippen LogP contribution in [0.4, 0.5) is 0 Å². The van der Waals surface area contributed by atoms with Gasteiger partial charge in [-0.3, -0.25) is 0 Å². The maximum atomic E-state index is 5.01. The van der Waals surface area contributed by atoms with Gasteiger partial charge in [0.2, 0.25) is 5.88 Å². The Hall–Kier alpha value is -1.09. The van der Waals surface area contributed by atoms with E-state index in [0.29, 0.717) is 5.88 Å². The molecule has 0 amide bonds. The van der Waals surface area contributed by atoms with Gasteiger partial charge in [-0.25, -0.2) is 4.98 Å². The molecule has 3 heteroatoms. The first-order valence-electron chi connectivity index (χ1n) is 3.56. The van der Waals surface area contributed by atoms with Gasteiger partial charge in [0, 0.05) is 17.3 Å². The van der Waals surface area contributed by atoms with Gasteiger partial charge in [-0.2, -0.15) is 0 Å². The summed E-state index contributed by atoms with van der Waals surface area (Å²) in [6, 6.07) is 2.04. The van der Waals surface area contributed by atoms with E-state index in [4.69, 9.17) is 4.74 Å². The molecule has 0 fully saturated rings. The van der Waals surface area contributed by atoms with E-state index in [1.54, 1.807) is 13.3 Å². The van der Waals surface area contributed by atoms with E-state index in [1.807, 2.05) is 13.0 Å². The van der Waals surface area contributed by atoms with Gasteiger partial charge in [0.15, 0.2) is 0 Å². The first-order valence-corrected chi connectivity index (χ1v) is 3.56. The molecule has 0 atom stereocenters. The van der Waals surface area contributed by atoms with Crippen LogP contribution in [0.1, 0.15) is 11.1 Å². The highest BCUT2D eigenvalue weighted by atomic mass is 16.5. The van der Waals surface area contributed by atoms with Crippen LogP contribution in [0, 0.1) is 6.92 Å². The predicted octanol–water partition coefficient (Wildman–Crippen LogP) is 0.141. The van der Waals surface area contributed by atoms with Gasteiger partial charge in [0.25, 0.3) is 0 Å². The summed E-state index contributed by atoms with van der Waals surface area (Å²) >= 11 is 0. The van der Waals surface area contributed by atoms with Crippen molar-refractivity contribution >= 4 is 0 Å². The van der Waals surface area contributed by atoms with Crippen molar-refractivity contribution in [1.29, 1.82) is 0 Å². The molecule has 0 spiro atoms. The molecule has 0 saturated heterocycles. The van der Waals surface area contributed by atoms with Crippen molar-refractivity contribution in [2.45, 2.75) is 13.5 Å². The van der Waals surface area contributed by atoms with Gasteiger partial charge >= 0.3 is 0 Å². The Morgan fingerprint density at radius 2 is 2.36 bits per heavy atom. The first-order chi connectivity index (χ1) is 5.27. The second-order valence-electron chi connectivity index (χ2n) is 2.42. The lowest BCUT2D eigenvalue weighted by atomic mass is 10.2. The minimum Gasteiger partial charge on any atom is -0.481 e. The standard InChI is InChI=1S/C8H12N2O/c1-6-3-7(4-9)5-10-8(6)11-2/h3,5H,4,9H2,1-2H3/p+1. The van der Waals surface area contributed by atoms with Crippen molar-refractivity contribution in [3.63, 3.8) is 0 Å². The van der Waals surface area contributed by atoms with Crippen molar-refractivity contribution in [3.8, 4) is 5.88 Å². The molecule has 0 saturated carbocycles. The summed E-state index contributed by atoms with van der Waals surface area (Å²) < 4.78 is 5.01. The van der Waals surface area contributed by atoms with E-state index in [9.17, 15) is 0 Å². The SMILES string of the molecule is COc1ncc(C[NH3+])cc1C. The molecule has 1 rings (SSSR count). The summed E-state index contributed by atoms with van der Waals surface area (Å²) in [4.78, 5) is 4.11. The second-order valence-corrected chi connectivity index (χ2v) is 2.42. The Morgan fingerprint density at radius 1 is 1.64 bits per heavy atom. The fraction of sp³-hybridized carbons (Fsp3) is 0.375. The summed E-state index contributed by atoms with van der Waals surface area (Å²) in [5, 5.41) is 0. The molecule has 0 radical (unpaired) electrons. The normalized spacial score (nSPS) is 9.73. The molecular formula is C8H13N2O+. The monoisotopic (exact) mass is 153 g/mol. The van der Waals surface area contributed by atoms with Crippen LogP contribution in [-0.4, -0.2) is 12.1 Å². The molecule has 0 aliphatic rings. The van der Waals surface area contributed by atoms with Crippen LogP contribution < -0.4 is 10.5 Å². The van der Waals surface area contributed by atoms with Crippen molar-refractivity contribution in [2.24, 2.45) is 0 Å². The average molecular weight is 153 g/mol. The molecule has 1 aromatic rings. The van der Waals surface area contributed by atoms with Crippen LogP contribution in [0.15, 0.2) is 12.3 Å². The van der Waals surface area contributed by atoms with Gasteiger partial charge in [0.05, 0.1) is 7.11 Å². The Morgan fingerprint density at radius 3 is 2.82 bits per heavy atom. The van der Waals surface area contributed by atoms with Gasteiger partial charge in [-0.05, 0) is 13.0 Å². The van der Waals surface area contributed by atoms with Crippen molar-refractivity contribution in [2.75, 3.05) is 7.11 Å². The van der Waals surface area contributed by atoms with Crippen molar-refractivity contribution < 1.29 is 10.5 Å². The minimum atomic E-state index is 0.696. The zero-order chi connectivity index (χ0) is 8.27. The van der Waals surface area contributed by atoms with E-state index in [-0.39, 0.29) is 0 Å². The average Bonchev–Trinajstić information content (AvgIpc) is 2.04. The predicted molar refractivity (Wildman–Crippen MR) is 42.1 cm³/mol. The molecule has 3 N–H and O–H groups in total. The third-order valence-electron chi connectivity index (χ3n) is 1.57. The van der Waals surface area contributed by atoms with E-state index in [2.05, 4.69) is 10.7 Å². The highest BCUT2D eigenvalue weighted by Gasteiger charge is 1.99. The van der Waals surface area contributed by atoms with Crippen molar-refractivity contribution in [1.82, 2.24) is 4.98 Å². The lowest BCUT2D eigenvalue weighted by molar-refractivity contribution is -0.386. The van der Waals surface area contributed by atoms with Crippen LogP contribution in [0.3, 0.4) is 0 Å². The molecule has 1 heterocycles. The molecule has 0 aliphatic heterocycles. The summed E-state index contributed by atoms with van der Waals surface area (Å²) in [6.07, 6.45) is 1.79. The largest absolute Gasteiger partial charge is 0.481 e. The molecular weight excluding hydrogens is 140 g/mol. The number of nitrogens with zero attached hydrogens (tertiary/aromatic N) is 1. The van der Waals surface area contributed by atoms with Crippen LogP contribution in [0.25, 0.3) is 0 Å². The quantitative estimate of drug-likeness (QED) is 0.657. The maximum Gasteiger partial charge on any atom is 0.215 e.